The number of hydrogen-bond donors (Lipinski definition) is 2. The normalized spacial score (nSPS) is 16.6. The summed E-state index contributed by atoms with van der Waals surface area (Å²) in [7, 11) is 1.62. The van der Waals surface area contributed by atoms with Crippen LogP contribution in [0.4, 0.5) is 5.82 Å². The second kappa shape index (κ2) is 9.21. The van der Waals surface area contributed by atoms with Crippen LogP contribution in [-0.2, 0) is 6.54 Å². The van der Waals surface area contributed by atoms with Crippen LogP contribution in [0.15, 0.2) is 0 Å². The topological polar surface area (TPSA) is 100 Å². The van der Waals surface area contributed by atoms with E-state index in [-0.39, 0.29) is 6.10 Å². The van der Waals surface area contributed by atoms with E-state index in [4.69, 9.17) is 15.2 Å². The molecule has 8 heteroatoms. The van der Waals surface area contributed by atoms with E-state index in [2.05, 4.69) is 27.2 Å². The number of ether oxygens (including phenoxy) is 2. The molecule has 1 atom stereocenters. The van der Waals surface area contributed by atoms with E-state index in [0.29, 0.717) is 29.0 Å². The quantitative estimate of drug-likeness (QED) is 0.694. The van der Waals surface area contributed by atoms with Crippen molar-refractivity contribution in [2.45, 2.75) is 65.0 Å². The SMILES string of the molecule is CCC[C@H](C)Oc1nc(N)c2nc(OC)n(CCCC3CCNCC3)c2n1. The Bertz CT molecular complexity index is 741. The van der Waals surface area contributed by atoms with Gasteiger partial charge in [-0.25, -0.2) is 0 Å². The number of nitrogen functional groups attached to an aromatic ring is 1. The average molecular weight is 377 g/mol. The van der Waals surface area contributed by atoms with Crippen molar-refractivity contribution in [3.63, 3.8) is 0 Å². The molecule has 0 aliphatic carbocycles. The van der Waals surface area contributed by atoms with E-state index in [1.807, 2.05) is 11.5 Å². The van der Waals surface area contributed by atoms with Gasteiger partial charge < -0.3 is 20.5 Å². The highest BCUT2D eigenvalue weighted by Crippen LogP contribution is 2.27. The summed E-state index contributed by atoms with van der Waals surface area (Å²) >= 11 is 0. The number of hydrogen-bond acceptors (Lipinski definition) is 7. The number of aryl methyl sites for hydroxylation is 1. The minimum atomic E-state index is 0.0463. The summed E-state index contributed by atoms with van der Waals surface area (Å²) < 4.78 is 13.3. The number of imidazole rings is 1. The van der Waals surface area contributed by atoms with Crippen LogP contribution >= 0.6 is 0 Å². The molecule has 27 heavy (non-hydrogen) atoms. The van der Waals surface area contributed by atoms with Crippen LogP contribution in [0.3, 0.4) is 0 Å². The van der Waals surface area contributed by atoms with Crippen LogP contribution < -0.4 is 20.5 Å². The average Bonchev–Trinajstić information content (AvgIpc) is 3.01. The zero-order chi connectivity index (χ0) is 19.2. The Kier molecular flexibility index (Phi) is 6.71. The second-order valence-corrected chi connectivity index (χ2v) is 7.37. The number of piperidine rings is 1. The van der Waals surface area contributed by atoms with Gasteiger partial charge in [-0.15, -0.1) is 0 Å². The lowest BCUT2D eigenvalue weighted by molar-refractivity contribution is 0.193. The Morgan fingerprint density at radius 3 is 2.74 bits per heavy atom. The third-order valence-electron chi connectivity index (χ3n) is 5.20. The fourth-order valence-corrected chi connectivity index (χ4v) is 3.75. The fourth-order valence-electron chi connectivity index (χ4n) is 3.75. The maximum atomic E-state index is 6.12. The molecular weight excluding hydrogens is 344 g/mol. The van der Waals surface area contributed by atoms with Crippen LogP contribution in [0.1, 0.15) is 52.4 Å². The summed E-state index contributed by atoms with van der Waals surface area (Å²) in [4.78, 5) is 13.3. The minimum absolute atomic E-state index is 0.0463. The van der Waals surface area contributed by atoms with Gasteiger partial charge in [0.15, 0.2) is 17.0 Å². The molecule has 3 rings (SSSR count). The summed E-state index contributed by atoms with van der Waals surface area (Å²) in [5.74, 6) is 1.12. The molecule has 3 heterocycles. The third-order valence-corrected chi connectivity index (χ3v) is 5.20. The molecule has 1 saturated heterocycles. The molecule has 1 aliphatic heterocycles. The molecular formula is C19H32N6O2. The Morgan fingerprint density at radius 2 is 2.04 bits per heavy atom. The number of methoxy groups -OCH3 is 1. The van der Waals surface area contributed by atoms with Crippen molar-refractivity contribution in [1.82, 2.24) is 24.8 Å². The molecule has 0 spiro atoms. The van der Waals surface area contributed by atoms with Crippen molar-refractivity contribution in [1.29, 1.82) is 0 Å². The Hall–Kier alpha value is -2.09. The first kappa shape index (κ1) is 19.7. The molecule has 0 bridgehead atoms. The van der Waals surface area contributed by atoms with E-state index in [1.165, 1.54) is 19.3 Å². The van der Waals surface area contributed by atoms with Gasteiger partial charge >= 0.3 is 6.01 Å². The highest BCUT2D eigenvalue weighted by atomic mass is 16.5. The van der Waals surface area contributed by atoms with E-state index in [9.17, 15) is 0 Å². The number of nitrogens with one attached hydrogen (secondary N) is 1. The standard InChI is InChI=1S/C19H32N6O2/c1-4-6-13(2)27-18-23-16(20)15-17(24-18)25(19(22-15)26-3)12-5-7-14-8-10-21-11-9-14/h13-14,21H,4-12H2,1-3H3,(H2,20,23,24)/t13-/m0/s1. The maximum absolute atomic E-state index is 6.12. The van der Waals surface area contributed by atoms with E-state index >= 15 is 0 Å². The molecule has 2 aromatic rings. The number of nitrogens with two attached hydrogens (primary N) is 1. The van der Waals surface area contributed by atoms with Gasteiger partial charge in [0.05, 0.1) is 13.2 Å². The van der Waals surface area contributed by atoms with Crippen molar-refractivity contribution in [2.24, 2.45) is 5.92 Å². The lowest BCUT2D eigenvalue weighted by atomic mass is 9.93. The Morgan fingerprint density at radius 1 is 1.26 bits per heavy atom. The van der Waals surface area contributed by atoms with Gasteiger partial charge in [-0.2, -0.15) is 15.0 Å². The van der Waals surface area contributed by atoms with Gasteiger partial charge in [-0.3, -0.25) is 4.57 Å². The first-order valence-electron chi connectivity index (χ1n) is 10.1. The summed E-state index contributed by atoms with van der Waals surface area (Å²) in [5.41, 5.74) is 7.38. The molecule has 0 saturated carbocycles. The van der Waals surface area contributed by atoms with Crippen molar-refractivity contribution in [3.05, 3.63) is 0 Å². The van der Waals surface area contributed by atoms with E-state index in [0.717, 1.165) is 44.8 Å². The molecule has 1 fully saturated rings. The smallest absolute Gasteiger partial charge is 0.320 e. The number of fused-ring (bicyclic) bond motifs is 1. The molecule has 3 N–H and O–H groups in total. The summed E-state index contributed by atoms with van der Waals surface area (Å²) in [6.45, 7) is 7.19. The zero-order valence-corrected chi connectivity index (χ0v) is 16.7. The van der Waals surface area contributed by atoms with Crippen LogP contribution in [-0.4, -0.2) is 45.8 Å². The predicted molar refractivity (Wildman–Crippen MR) is 106 cm³/mol. The Labute approximate surface area is 160 Å². The molecule has 2 aromatic heterocycles. The Balaban J connectivity index is 1.78. The first-order valence-corrected chi connectivity index (χ1v) is 10.1. The molecule has 0 aromatic carbocycles. The highest BCUT2D eigenvalue weighted by Gasteiger charge is 2.19. The zero-order valence-electron chi connectivity index (χ0n) is 16.7. The largest absolute Gasteiger partial charge is 0.468 e. The van der Waals surface area contributed by atoms with E-state index < -0.39 is 0 Å². The van der Waals surface area contributed by atoms with Gasteiger partial charge in [0, 0.05) is 6.54 Å². The monoisotopic (exact) mass is 376 g/mol. The molecule has 150 valence electrons. The van der Waals surface area contributed by atoms with Crippen LogP contribution in [0, 0.1) is 5.92 Å². The summed E-state index contributed by atoms with van der Waals surface area (Å²) in [6.07, 6.45) is 6.79. The lowest BCUT2D eigenvalue weighted by Crippen LogP contribution is -2.27. The number of anilines is 1. The van der Waals surface area contributed by atoms with Gasteiger partial charge in [0.2, 0.25) is 0 Å². The van der Waals surface area contributed by atoms with Gasteiger partial charge in [-0.05, 0) is 58.0 Å². The molecule has 0 unspecified atom stereocenters. The van der Waals surface area contributed by atoms with Gasteiger partial charge in [-0.1, -0.05) is 13.3 Å². The van der Waals surface area contributed by atoms with Crippen molar-refractivity contribution >= 4 is 17.0 Å². The molecule has 8 nitrogen and oxygen atoms in total. The van der Waals surface area contributed by atoms with Crippen LogP contribution in [0.5, 0.6) is 12.0 Å². The third kappa shape index (κ3) is 4.80. The van der Waals surface area contributed by atoms with Crippen LogP contribution in [0.2, 0.25) is 0 Å². The van der Waals surface area contributed by atoms with Crippen molar-refractivity contribution < 1.29 is 9.47 Å². The van der Waals surface area contributed by atoms with Gasteiger partial charge in [0.25, 0.3) is 6.01 Å². The summed E-state index contributed by atoms with van der Waals surface area (Å²) in [5, 5.41) is 3.42. The number of aromatic nitrogens is 4. The second-order valence-electron chi connectivity index (χ2n) is 7.37. The van der Waals surface area contributed by atoms with Crippen molar-refractivity contribution in [3.8, 4) is 12.0 Å². The van der Waals surface area contributed by atoms with E-state index in [1.54, 1.807) is 7.11 Å². The lowest BCUT2D eigenvalue weighted by Gasteiger charge is -2.22. The molecule has 0 radical (unpaired) electrons. The van der Waals surface area contributed by atoms with Crippen LogP contribution in [0.25, 0.3) is 11.2 Å². The van der Waals surface area contributed by atoms with Crippen molar-refractivity contribution in [2.75, 3.05) is 25.9 Å². The molecule has 0 amide bonds. The predicted octanol–water partition coefficient (Wildman–Crippen LogP) is 2.76. The van der Waals surface area contributed by atoms with Gasteiger partial charge in [0.1, 0.15) is 0 Å². The minimum Gasteiger partial charge on any atom is -0.468 e. The number of nitrogens with zero attached hydrogens (tertiary/aromatic N) is 4. The highest BCUT2D eigenvalue weighted by molar-refractivity contribution is 5.83. The number of rotatable bonds is 9. The molecule has 1 aliphatic rings. The first-order chi connectivity index (χ1) is 13.1. The summed E-state index contributed by atoms with van der Waals surface area (Å²) in [6, 6.07) is 0.832. The fraction of sp³-hybridized carbons (Fsp3) is 0.737. The maximum Gasteiger partial charge on any atom is 0.320 e.